The normalized spacial score (nSPS) is 25.9. The van der Waals surface area contributed by atoms with E-state index in [9.17, 15) is 9.18 Å². The number of piperidine rings is 1. The number of aryl methyl sites for hydroxylation is 1. The van der Waals surface area contributed by atoms with E-state index in [1.807, 2.05) is 6.07 Å². The van der Waals surface area contributed by atoms with Crippen molar-refractivity contribution in [1.29, 1.82) is 0 Å². The fraction of sp³-hybridized carbons (Fsp3) is 0.714. The van der Waals surface area contributed by atoms with E-state index >= 15 is 0 Å². The van der Waals surface area contributed by atoms with Gasteiger partial charge in [-0.1, -0.05) is 39.2 Å². The quantitative estimate of drug-likeness (QED) is 0.506. The van der Waals surface area contributed by atoms with Gasteiger partial charge >= 0.3 is 0 Å². The Labute approximate surface area is 214 Å². The molecule has 4 heterocycles. The van der Waals surface area contributed by atoms with Crippen LogP contribution >= 0.6 is 0 Å². The third-order valence-corrected chi connectivity index (χ3v) is 8.70. The van der Waals surface area contributed by atoms with Crippen LogP contribution in [0.15, 0.2) is 18.2 Å². The number of nitrogens with one attached hydrogen (secondary N) is 1. The number of nitrogens with zero attached hydrogens (tertiary/aromatic N) is 5. The van der Waals surface area contributed by atoms with Crippen LogP contribution in [0.4, 0.5) is 4.39 Å². The summed E-state index contributed by atoms with van der Waals surface area (Å²) in [5, 5.41) is 12.1. The van der Waals surface area contributed by atoms with Crippen LogP contribution in [0.25, 0.3) is 0 Å². The molecule has 3 aliphatic rings. The molecule has 1 aliphatic carbocycles. The average Bonchev–Trinajstić information content (AvgIpc) is 3.37. The summed E-state index contributed by atoms with van der Waals surface area (Å²) in [5.74, 6) is 2.15. The number of carbonyl (C=O) groups is 1. The molecule has 7 nitrogen and oxygen atoms in total. The van der Waals surface area contributed by atoms with Gasteiger partial charge in [-0.05, 0) is 64.0 Å². The van der Waals surface area contributed by atoms with Crippen molar-refractivity contribution in [2.45, 2.75) is 115 Å². The molecule has 3 fully saturated rings. The van der Waals surface area contributed by atoms with Crippen molar-refractivity contribution < 1.29 is 9.18 Å². The van der Waals surface area contributed by atoms with Crippen LogP contribution in [0.5, 0.6) is 0 Å². The van der Waals surface area contributed by atoms with Gasteiger partial charge in [-0.3, -0.25) is 9.69 Å². The van der Waals surface area contributed by atoms with Crippen LogP contribution < -0.4 is 5.32 Å². The molecule has 8 heteroatoms. The lowest BCUT2D eigenvalue weighted by molar-refractivity contribution is -0.126. The molecule has 2 aromatic heterocycles. The number of hydrogen-bond donors (Lipinski definition) is 1. The smallest absolute Gasteiger partial charge is 0.223 e. The number of aromatic nitrogens is 4. The molecule has 0 aromatic carbocycles. The predicted octanol–water partition coefficient (Wildman–Crippen LogP) is 5.24. The Morgan fingerprint density at radius 2 is 1.78 bits per heavy atom. The second-order valence-corrected chi connectivity index (χ2v) is 11.4. The Balaban J connectivity index is 1.27. The lowest BCUT2D eigenvalue weighted by Gasteiger charge is -2.40. The third-order valence-electron chi connectivity index (χ3n) is 8.70. The Kier molecular flexibility index (Phi) is 7.70. The highest BCUT2D eigenvalue weighted by Gasteiger charge is 2.42. The minimum atomic E-state index is -0.490. The van der Waals surface area contributed by atoms with Gasteiger partial charge in [0, 0.05) is 36.5 Å². The highest BCUT2D eigenvalue weighted by molar-refractivity contribution is 5.79. The number of pyridine rings is 1. The third kappa shape index (κ3) is 5.34. The molecule has 1 amide bonds. The van der Waals surface area contributed by atoms with E-state index in [-0.39, 0.29) is 17.9 Å². The number of hydrogen-bond acceptors (Lipinski definition) is 5. The number of halogens is 1. The lowest BCUT2D eigenvalue weighted by atomic mass is 9.88. The summed E-state index contributed by atoms with van der Waals surface area (Å²) in [6, 6.07) is 6.12. The van der Waals surface area contributed by atoms with Gasteiger partial charge in [-0.25, -0.2) is 4.98 Å². The zero-order valence-electron chi connectivity index (χ0n) is 22.0. The summed E-state index contributed by atoms with van der Waals surface area (Å²) in [4.78, 5) is 19.9. The highest BCUT2D eigenvalue weighted by atomic mass is 19.1. The summed E-state index contributed by atoms with van der Waals surface area (Å²) in [6.45, 7) is 7.32. The van der Waals surface area contributed by atoms with Crippen molar-refractivity contribution in [2.24, 2.45) is 5.92 Å². The molecule has 2 aliphatic heterocycles. The summed E-state index contributed by atoms with van der Waals surface area (Å²) in [6.07, 6.45) is 10.7. The van der Waals surface area contributed by atoms with Crippen molar-refractivity contribution in [3.8, 4) is 0 Å². The molecule has 2 saturated heterocycles. The Hall–Kier alpha value is -2.35. The van der Waals surface area contributed by atoms with E-state index in [2.05, 4.69) is 50.7 Å². The van der Waals surface area contributed by atoms with Crippen molar-refractivity contribution in [3.05, 3.63) is 41.5 Å². The molecule has 2 bridgehead atoms. The minimum absolute atomic E-state index is 0.0731. The monoisotopic (exact) mass is 496 g/mol. The Morgan fingerprint density at radius 3 is 2.44 bits per heavy atom. The molecule has 0 unspecified atom stereocenters. The number of fused-ring (bicyclic) bond motifs is 2. The van der Waals surface area contributed by atoms with Crippen molar-refractivity contribution in [3.63, 3.8) is 0 Å². The van der Waals surface area contributed by atoms with Gasteiger partial charge in [0.2, 0.25) is 11.9 Å². The molecule has 0 radical (unpaired) electrons. The Bertz CT molecular complexity index is 1030. The summed E-state index contributed by atoms with van der Waals surface area (Å²) in [5.41, 5.74) is 0.628. The number of rotatable bonds is 8. The van der Waals surface area contributed by atoms with E-state index in [1.165, 1.54) is 25.3 Å². The molecular weight excluding hydrogens is 455 g/mol. The van der Waals surface area contributed by atoms with E-state index < -0.39 is 5.95 Å². The first-order chi connectivity index (χ1) is 17.4. The average molecular weight is 497 g/mol. The minimum Gasteiger partial charge on any atom is -0.347 e. The SMILES string of the molecule is Cc1nnc(C(C)C)n1[C@@H]1C[C@H]2CC[C@@H](C1)N2CC[C@H](NC(=O)C1CCCCC1)c1cccc(F)n1. The van der Waals surface area contributed by atoms with Crippen LogP contribution in [0, 0.1) is 18.8 Å². The second-order valence-electron chi connectivity index (χ2n) is 11.4. The molecule has 1 saturated carbocycles. The van der Waals surface area contributed by atoms with Crippen molar-refractivity contribution >= 4 is 5.91 Å². The Morgan fingerprint density at radius 1 is 1.06 bits per heavy atom. The van der Waals surface area contributed by atoms with Gasteiger partial charge in [0.25, 0.3) is 0 Å². The van der Waals surface area contributed by atoms with Crippen molar-refractivity contribution in [1.82, 2.24) is 30.0 Å². The molecule has 5 rings (SSSR count). The zero-order chi connectivity index (χ0) is 25.2. The topological polar surface area (TPSA) is 75.9 Å². The first kappa shape index (κ1) is 25.3. The van der Waals surface area contributed by atoms with Crippen LogP contribution in [-0.4, -0.2) is 49.2 Å². The van der Waals surface area contributed by atoms with Gasteiger partial charge < -0.3 is 9.88 Å². The van der Waals surface area contributed by atoms with Gasteiger partial charge in [0.1, 0.15) is 11.6 Å². The highest BCUT2D eigenvalue weighted by Crippen LogP contribution is 2.42. The van der Waals surface area contributed by atoms with Gasteiger partial charge in [0.15, 0.2) is 0 Å². The first-order valence-electron chi connectivity index (χ1n) is 14.0. The van der Waals surface area contributed by atoms with E-state index in [4.69, 9.17) is 0 Å². The molecule has 36 heavy (non-hydrogen) atoms. The standard InChI is InChI=1S/C28H41FN6O/c1-18(2)27-33-32-19(3)35(27)23-16-21-12-13-22(17-23)34(21)15-14-25(24-10-7-11-26(29)30-24)31-28(36)20-8-5-4-6-9-20/h7,10-11,18,20-23,25H,4-6,8-9,12-17H2,1-3H3,(H,31,36)/t21-,22+,23-,25-/m0/s1. The van der Waals surface area contributed by atoms with Gasteiger partial charge in [0.05, 0.1) is 11.7 Å². The number of amides is 1. The van der Waals surface area contributed by atoms with Crippen LogP contribution in [0.2, 0.25) is 0 Å². The summed E-state index contributed by atoms with van der Waals surface area (Å²) >= 11 is 0. The van der Waals surface area contributed by atoms with Crippen LogP contribution in [0.3, 0.4) is 0 Å². The maximum absolute atomic E-state index is 14.0. The predicted molar refractivity (Wildman–Crippen MR) is 137 cm³/mol. The fourth-order valence-electron chi connectivity index (χ4n) is 6.90. The van der Waals surface area contributed by atoms with Crippen LogP contribution in [0.1, 0.15) is 113 Å². The van der Waals surface area contributed by atoms with Gasteiger partial charge in [-0.15, -0.1) is 10.2 Å². The molecule has 4 atom stereocenters. The maximum Gasteiger partial charge on any atom is 0.223 e. The van der Waals surface area contributed by atoms with Crippen molar-refractivity contribution in [2.75, 3.05) is 6.54 Å². The molecule has 1 N–H and O–H groups in total. The summed E-state index contributed by atoms with van der Waals surface area (Å²) < 4.78 is 16.4. The van der Waals surface area contributed by atoms with Gasteiger partial charge in [-0.2, -0.15) is 4.39 Å². The fourth-order valence-corrected chi connectivity index (χ4v) is 6.90. The maximum atomic E-state index is 14.0. The number of carbonyl (C=O) groups excluding carboxylic acids is 1. The first-order valence-corrected chi connectivity index (χ1v) is 14.0. The molecular formula is C28H41FN6O. The second kappa shape index (κ2) is 11.0. The zero-order valence-corrected chi connectivity index (χ0v) is 22.0. The van der Waals surface area contributed by atoms with E-state index in [0.717, 1.165) is 63.1 Å². The van der Waals surface area contributed by atoms with Crippen LogP contribution in [-0.2, 0) is 4.79 Å². The lowest BCUT2D eigenvalue weighted by Crippen LogP contribution is -2.45. The van der Waals surface area contributed by atoms with E-state index in [0.29, 0.717) is 29.7 Å². The molecule has 2 aromatic rings. The van der Waals surface area contributed by atoms with E-state index in [1.54, 1.807) is 6.07 Å². The largest absolute Gasteiger partial charge is 0.347 e. The molecule has 0 spiro atoms. The molecule has 196 valence electrons. The summed E-state index contributed by atoms with van der Waals surface area (Å²) in [7, 11) is 0.